The number of nitriles is 1. The van der Waals surface area contributed by atoms with Crippen LogP contribution in [0.4, 0.5) is 0 Å². The van der Waals surface area contributed by atoms with Gasteiger partial charge in [0.05, 0.1) is 22.3 Å². The molecule has 2 aromatic rings. The third kappa shape index (κ3) is 2.38. The van der Waals surface area contributed by atoms with E-state index >= 15 is 0 Å². The summed E-state index contributed by atoms with van der Waals surface area (Å²) in [6.45, 7) is 0. The highest BCUT2D eigenvalue weighted by Crippen LogP contribution is 2.29. The molecule has 0 spiro atoms. The number of ether oxygens (including phenoxy) is 1. The Kier molecular flexibility index (Phi) is 3.18. The maximum atomic E-state index is 8.72. The highest BCUT2D eigenvalue weighted by Gasteiger charge is 2.03. The van der Waals surface area contributed by atoms with Gasteiger partial charge in [-0.2, -0.15) is 5.26 Å². The van der Waals surface area contributed by atoms with Crippen LogP contribution in [0.1, 0.15) is 5.56 Å². The fourth-order valence-corrected chi connectivity index (χ4v) is 1.65. The quantitative estimate of drug-likeness (QED) is 0.842. The van der Waals surface area contributed by atoms with Crippen LogP contribution in [0.15, 0.2) is 47.2 Å². The summed E-state index contributed by atoms with van der Waals surface area (Å²) in [5, 5.41) is 8.72. The van der Waals surface area contributed by atoms with Crippen molar-refractivity contribution in [1.82, 2.24) is 4.98 Å². The van der Waals surface area contributed by atoms with Gasteiger partial charge in [-0.05, 0) is 46.3 Å². The lowest BCUT2D eigenvalue weighted by Gasteiger charge is -2.06. The average Bonchev–Trinajstić information content (AvgIpc) is 2.33. The number of benzene rings is 1. The predicted octanol–water partition coefficient (Wildman–Crippen LogP) is 3.51. The van der Waals surface area contributed by atoms with Crippen LogP contribution in [-0.2, 0) is 0 Å². The van der Waals surface area contributed by atoms with Crippen molar-refractivity contribution in [2.45, 2.75) is 0 Å². The van der Waals surface area contributed by atoms with E-state index in [1.807, 2.05) is 6.07 Å². The van der Waals surface area contributed by atoms with Crippen LogP contribution in [0.25, 0.3) is 0 Å². The van der Waals surface area contributed by atoms with E-state index in [-0.39, 0.29) is 0 Å². The Balaban J connectivity index is 2.27. The molecule has 2 rings (SSSR count). The van der Waals surface area contributed by atoms with Gasteiger partial charge >= 0.3 is 0 Å². The van der Waals surface area contributed by atoms with Crippen LogP contribution in [0, 0.1) is 11.3 Å². The van der Waals surface area contributed by atoms with Gasteiger partial charge in [0, 0.05) is 6.20 Å². The van der Waals surface area contributed by atoms with Crippen molar-refractivity contribution in [3.8, 4) is 17.6 Å². The summed E-state index contributed by atoms with van der Waals surface area (Å²) >= 11 is 3.35. The summed E-state index contributed by atoms with van der Waals surface area (Å²) in [5.74, 6) is 1.32. The molecule has 0 atom stereocenters. The minimum absolute atomic E-state index is 0.588. The molecule has 0 aliphatic carbocycles. The number of hydrogen-bond donors (Lipinski definition) is 0. The lowest BCUT2D eigenvalue weighted by molar-refractivity contribution is 0.477. The number of aromatic nitrogens is 1. The second-order valence-corrected chi connectivity index (χ2v) is 3.90. The van der Waals surface area contributed by atoms with Gasteiger partial charge < -0.3 is 4.74 Å². The first kappa shape index (κ1) is 10.7. The molecule has 0 amide bonds. The lowest BCUT2D eigenvalue weighted by atomic mass is 10.2. The molecule has 0 aliphatic heterocycles. The van der Waals surface area contributed by atoms with Crippen molar-refractivity contribution in [2.75, 3.05) is 0 Å². The van der Waals surface area contributed by atoms with E-state index in [1.165, 1.54) is 0 Å². The van der Waals surface area contributed by atoms with Gasteiger partial charge in [-0.1, -0.05) is 0 Å². The van der Waals surface area contributed by atoms with Gasteiger partial charge in [0.15, 0.2) is 0 Å². The van der Waals surface area contributed by atoms with Crippen LogP contribution in [0.2, 0.25) is 0 Å². The maximum absolute atomic E-state index is 8.72. The molecule has 0 saturated heterocycles. The Morgan fingerprint density at radius 3 is 2.81 bits per heavy atom. The monoisotopic (exact) mass is 274 g/mol. The smallest absolute Gasteiger partial charge is 0.145 e. The van der Waals surface area contributed by atoms with Gasteiger partial charge in [-0.25, -0.2) is 0 Å². The third-order valence-electron chi connectivity index (χ3n) is 1.92. The van der Waals surface area contributed by atoms with E-state index in [0.29, 0.717) is 17.1 Å². The van der Waals surface area contributed by atoms with Crippen LogP contribution >= 0.6 is 15.9 Å². The zero-order valence-electron chi connectivity index (χ0n) is 8.22. The number of nitrogens with zero attached hydrogens (tertiary/aromatic N) is 2. The van der Waals surface area contributed by atoms with Gasteiger partial charge in [-0.15, -0.1) is 0 Å². The molecule has 0 bridgehead atoms. The van der Waals surface area contributed by atoms with Crippen molar-refractivity contribution in [1.29, 1.82) is 5.26 Å². The van der Waals surface area contributed by atoms with E-state index in [4.69, 9.17) is 10.00 Å². The van der Waals surface area contributed by atoms with E-state index in [2.05, 4.69) is 27.0 Å². The molecule has 1 heterocycles. The summed E-state index contributed by atoms with van der Waals surface area (Å²) < 4.78 is 6.34. The third-order valence-corrected chi connectivity index (χ3v) is 2.54. The molecular formula is C12H7BrN2O. The number of pyridine rings is 1. The lowest BCUT2D eigenvalue weighted by Crippen LogP contribution is -1.86. The second kappa shape index (κ2) is 4.77. The Morgan fingerprint density at radius 2 is 2.19 bits per heavy atom. The van der Waals surface area contributed by atoms with Gasteiger partial charge in [-0.3, -0.25) is 4.98 Å². The van der Waals surface area contributed by atoms with E-state index < -0.39 is 0 Å². The Morgan fingerprint density at radius 1 is 1.31 bits per heavy atom. The molecule has 4 heteroatoms. The highest BCUT2D eigenvalue weighted by atomic mass is 79.9. The number of rotatable bonds is 2. The van der Waals surface area contributed by atoms with Gasteiger partial charge in [0.25, 0.3) is 0 Å². The Labute approximate surface area is 101 Å². The van der Waals surface area contributed by atoms with E-state index in [0.717, 1.165) is 4.47 Å². The van der Waals surface area contributed by atoms with Crippen molar-refractivity contribution in [3.63, 3.8) is 0 Å². The molecule has 1 aromatic heterocycles. The van der Waals surface area contributed by atoms with Gasteiger partial charge in [0.2, 0.25) is 0 Å². The molecule has 3 nitrogen and oxygen atoms in total. The summed E-state index contributed by atoms with van der Waals surface area (Å²) in [5.41, 5.74) is 0.588. The maximum Gasteiger partial charge on any atom is 0.145 e. The number of halogens is 1. The summed E-state index contributed by atoms with van der Waals surface area (Å²) in [7, 11) is 0. The zero-order chi connectivity index (χ0) is 11.4. The van der Waals surface area contributed by atoms with Crippen LogP contribution in [0.3, 0.4) is 0 Å². The Bertz CT molecular complexity index is 534. The molecule has 1 aromatic carbocycles. The normalized spacial score (nSPS) is 9.50. The Hall–Kier alpha value is -1.86. The van der Waals surface area contributed by atoms with E-state index in [1.54, 1.807) is 36.7 Å². The highest BCUT2D eigenvalue weighted by molar-refractivity contribution is 9.10. The molecule has 16 heavy (non-hydrogen) atoms. The molecule has 0 radical (unpaired) electrons. The van der Waals surface area contributed by atoms with Crippen LogP contribution in [0.5, 0.6) is 11.5 Å². The molecule has 0 aliphatic rings. The summed E-state index contributed by atoms with van der Waals surface area (Å²) in [6.07, 6.45) is 3.31. The van der Waals surface area contributed by atoms with Gasteiger partial charge in [0.1, 0.15) is 11.5 Å². The summed E-state index contributed by atoms with van der Waals surface area (Å²) in [6, 6.07) is 10.8. The molecule has 0 unspecified atom stereocenters. The standard InChI is InChI=1S/C12H7BrN2O/c13-11-6-9(7-14)3-4-12(11)16-10-2-1-5-15-8-10/h1-6,8H. The van der Waals surface area contributed by atoms with Crippen molar-refractivity contribution >= 4 is 15.9 Å². The molecule has 0 saturated carbocycles. The molecular weight excluding hydrogens is 268 g/mol. The minimum Gasteiger partial charge on any atom is -0.455 e. The zero-order valence-corrected chi connectivity index (χ0v) is 9.81. The second-order valence-electron chi connectivity index (χ2n) is 3.05. The van der Waals surface area contributed by atoms with Crippen molar-refractivity contribution < 1.29 is 4.74 Å². The first-order chi connectivity index (χ1) is 7.79. The minimum atomic E-state index is 0.588. The molecule has 78 valence electrons. The first-order valence-electron chi connectivity index (χ1n) is 4.57. The van der Waals surface area contributed by atoms with E-state index in [9.17, 15) is 0 Å². The topological polar surface area (TPSA) is 45.9 Å². The van der Waals surface area contributed by atoms with Crippen molar-refractivity contribution in [3.05, 3.63) is 52.8 Å². The SMILES string of the molecule is N#Cc1ccc(Oc2cccnc2)c(Br)c1. The summed E-state index contributed by atoms with van der Waals surface area (Å²) in [4.78, 5) is 3.95. The number of hydrogen-bond acceptors (Lipinski definition) is 3. The van der Waals surface area contributed by atoms with Crippen molar-refractivity contribution in [2.24, 2.45) is 0 Å². The van der Waals surface area contributed by atoms with Crippen LogP contribution in [-0.4, -0.2) is 4.98 Å². The first-order valence-corrected chi connectivity index (χ1v) is 5.36. The fraction of sp³-hybridized carbons (Fsp3) is 0. The predicted molar refractivity (Wildman–Crippen MR) is 63.2 cm³/mol. The molecule has 0 N–H and O–H groups in total. The van der Waals surface area contributed by atoms with Crippen LogP contribution < -0.4 is 4.74 Å². The molecule has 0 fully saturated rings. The fourth-order valence-electron chi connectivity index (χ4n) is 1.19. The average molecular weight is 275 g/mol. The largest absolute Gasteiger partial charge is 0.455 e.